The molecule has 29 heavy (non-hydrogen) atoms. The van der Waals surface area contributed by atoms with Gasteiger partial charge in [-0.05, 0) is 31.2 Å². The van der Waals surface area contributed by atoms with Gasteiger partial charge in [0, 0.05) is 17.3 Å². The van der Waals surface area contributed by atoms with E-state index in [1.54, 1.807) is 13.2 Å². The standard InChI is InChI=1S/C24H21N3O2/c1-17-22(24(28)25-19-12-9-15-21(16-19)29-2)23(18-10-5-3-6-11-18)26-27(17)20-13-7-4-8-14-20/h3-16H,1-2H3,(H,25,28). The minimum Gasteiger partial charge on any atom is -0.497 e. The van der Waals surface area contributed by atoms with Gasteiger partial charge in [-0.3, -0.25) is 4.79 Å². The maximum Gasteiger partial charge on any atom is 0.259 e. The van der Waals surface area contributed by atoms with E-state index in [-0.39, 0.29) is 5.91 Å². The molecule has 0 saturated heterocycles. The number of hydrogen-bond acceptors (Lipinski definition) is 3. The summed E-state index contributed by atoms with van der Waals surface area (Å²) in [6.45, 7) is 1.91. The quantitative estimate of drug-likeness (QED) is 0.521. The molecule has 0 fully saturated rings. The number of amides is 1. The predicted molar refractivity (Wildman–Crippen MR) is 115 cm³/mol. The van der Waals surface area contributed by atoms with Crippen molar-refractivity contribution >= 4 is 11.6 Å². The van der Waals surface area contributed by atoms with Gasteiger partial charge in [0.25, 0.3) is 5.91 Å². The van der Waals surface area contributed by atoms with E-state index in [1.807, 2.05) is 90.5 Å². The van der Waals surface area contributed by atoms with E-state index in [4.69, 9.17) is 9.84 Å². The van der Waals surface area contributed by atoms with Crippen LogP contribution in [-0.4, -0.2) is 22.8 Å². The van der Waals surface area contributed by atoms with E-state index in [1.165, 1.54) is 0 Å². The topological polar surface area (TPSA) is 56.1 Å². The van der Waals surface area contributed by atoms with Crippen LogP contribution in [0.3, 0.4) is 0 Å². The fourth-order valence-corrected chi connectivity index (χ4v) is 3.29. The molecular weight excluding hydrogens is 362 g/mol. The number of carbonyl (C=O) groups is 1. The molecule has 3 aromatic carbocycles. The Morgan fingerprint density at radius 3 is 2.31 bits per heavy atom. The molecule has 0 aliphatic carbocycles. The summed E-state index contributed by atoms with van der Waals surface area (Å²) in [4.78, 5) is 13.3. The Kier molecular flexibility index (Phi) is 5.12. The van der Waals surface area contributed by atoms with E-state index in [0.29, 0.717) is 22.7 Å². The Bertz CT molecular complexity index is 1140. The Labute approximate surface area is 169 Å². The van der Waals surface area contributed by atoms with Crippen molar-refractivity contribution in [1.82, 2.24) is 9.78 Å². The third-order valence-corrected chi connectivity index (χ3v) is 4.72. The molecule has 1 N–H and O–H groups in total. The molecule has 1 heterocycles. The Morgan fingerprint density at radius 1 is 0.931 bits per heavy atom. The van der Waals surface area contributed by atoms with Crippen LogP contribution in [0.15, 0.2) is 84.9 Å². The van der Waals surface area contributed by atoms with Crippen LogP contribution in [0.2, 0.25) is 0 Å². The van der Waals surface area contributed by atoms with Gasteiger partial charge >= 0.3 is 0 Å². The molecule has 5 heteroatoms. The normalized spacial score (nSPS) is 10.6. The van der Waals surface area contributed by atoms with E-state index in [9.17, 15) is 4.79 Å². The van der Waals surface area contributed by atoms with E-state index >= 15 is 0 Å². The number of aromatic nitrogens is 2. The van der Waals surface area contributed by atoms with Crippen molar-refractivity contribution in [3.63, 3.8) is 0 Å². The highest BCUT2D eigenvalue weighted by Crippen LogP contribution is 2.28. The molecule has 0 saturated carbocycles. The van der Waals surface area contributed by atoms with Crippen molar-refractivity contribution in [1.29, 1.82) is 0 Å². The highest BCUT2D eigenvalue weighted by molar-refractivity contribution is 6.09. The molecule has 1 aromatic heterocycles. The SMILES string of the molecule is COc1cccc(NC(=O)c2c(-c3ccccc3)nn(-c3ccccc3)c2C)c1. The van der Waals surface area contributed by atoms with Crippen molar-refractivity contribution in [3.05, 3.63) is 96.2 Å². The van der Waals surface area contributed by atoms with Crippen molar-refractivity contribution in [2.75, 3.05) is 12.4 Å². The monoisotopic (exact) mass is 383 g/mol. The van der Waals surface area contributed by atoms with Gasteiger partial charge in [-0.2, -0.15) is 5.10 Å². The minimum atomic E-state index is -0.211. The molecule has 4 rings (SSSR count). The second kappa shape index (κ2) is 8.02. The van der Waals surface area contributed by atoms with Crippen molar-refractivity contribution in [2.24, 2.45) is 0 Å². The van der Waals surface area contributed by atoms with Crippen molar-refractivity contribution < 1.29 is 9.53 Å². The number of nitrogens with one attached hydrogen (secondary N) is 1. The zero-order valence-electron chi connectivity index (χ0n) is 16.3. The molecule has 0 aliphatic rings. The van der Waals surface area contributed by atoms with Gasteiger partial charge in [-0.1, -0.05) is 54.6 Å². The zero-order valence-corrected chi connectivity index (χ0v) is 16.3. The predicted octanol–water partition coefficient (Wildman–Crippen LogP) is 5.11. The molecule has 0 aliphatic heterocycles. The van der Waals surface area contributed by atoms with Gasteiger partial charge in [0.2, 0.25) is 0 Å². The third-order valence-electron chi connectivity index (χ3n) is 4.72. The molecule has 4 aromatic rings. The van der Waals surface area contributed by atoms with E-state index in [0.717, 1.165) is 16.9 Å². The number of carbonyl (C=O) groups excluding carboxylic acids is 1. The summed E-state index contributed by atoms with van der Waals surface area (Å²) in [5.41, 5.74) is 4.43. The minimum absolute atomic E-state index is 0.211. The van der Waals surface area contributed by atoms with Gasteiger partial charge in [0.15, 0.2) is 0 Å². The largest absolute Gasteiger partial charge is 0.497 e. The van der Waals surface area contributed by atoms with Gasteiger partial charge in [-0.25, -0.2) is 4.68 Å². The van der Waals surface area contributed by atoms with Gasteiger partial charge < -0.3 is 10.1 Å². The summed E-state index contributed by atoms with van der Waals surface area (Å²) in [6.07, 6.45) is 0. The molecule has 0 atom stereocenters. The van der Waals surface area contributed by atoms with Gasteiger partial charge in [0.05, 0.1) is 24.1 Å². The highest BCUT2D eigenvalue weighted by Gasteiger charge is 2.23. The summed E-state index contributed by atoms with van der Waals surface area (Å²) >= 11 is 0. The molecule has 144 valence electrons. The summed E-state index contributed by atoms with van der Waals surface area (Å²) in [5.74, 6) is 0.472. The van der Waals surface area contributed by atoms with Crippen LogP contribution in [0, 0.1) is 6.92 Å². The number of para-hydroxylation sites is 1. The Morgan fingerprint density at radius 2 is 1.62 bits per heavy atom. The number of methoxy groups -OCH3 is 1. The summed E-state index contributed by atoms with van der Waals surface area (Å²) in [5, 5.41) is 7.75. The van der Waals surface area contributed by atoms with Crippen molar-refractivity contribution in [3.8, 4) is 22.7 Å². The Hall–Kier alpha value is -3.86. The van der Waals surface area contributed by atoms with Crippen molar-refractivity contribution in [2.45, 2.75) is 6.92 Å². The fraction of sp³-hybridized carbons (Fsp3) is 0.0833. The van der Waals surface area contributed by atoms with Gasteiger partial charge in [0.1, 0.15) is 11.4 Å². The maximum atomic E-state index is 13.3. The fourth-order valence-electron chi connectivity index (χ4n) is 3.29. The number of hydrogen-bond donors (Lipinski definition) is 1. The van der Waals surface area contributed by atoms with Crippen LogP contribution in [0.4, 0.5) is 5.69 Å². The molecule has 0 radical (unpaired) electrons. The number of anilines is 1. The number of rotatable bonds is 5. The van der Waals surface area contributed by atoms with Crippen LogP contribution in [0.5, 0.6) is 5.75 Å². The molecule has 0 bridgehead atoms. The average molecular weight is 383 g/mol. The first-order valence-corrected chi connectivity index (χ1v) is 9.33. The third kappa shape index (κ3) is 3.75. The number of benzene rings is 3. The summed E-state index contributed by atoms with van der Waals surface area (Å²) < 4.78 is 7.06. The van der Waals surface area contributed by atoms with Gasteiger partial charge in [-0.15, -0.1) is 0 Å². The van der Waals surface area contributed by atoms with Crippen LogP contribution < -0.4 is 10.1 Å². The molecular formula is C24H21N3O2. The zero-order chi connectivity index (χ0) is 20.2. The highest BCUT2D eigenvalue weighted by atomic mass is 16.5. The lowest BCUT2D eigenvalue weighted by Crippen LogP contribution is -2.14. The van der Waals surface area contributed by atoms with Crippen LogP contribution in [0.1, 0.15) is 16.1 Å². The van der Waals surface area contributed by atoms with Crippen LogP contribution in [0.25, 0.3) is 16.9 Å². The molecule has 0 unspecified atom stereocenters. The summed E-state index contributed by atoms with van der Waals surface area (Å²) in [6, 6.07) is 26.8. The van der Waals surface area contributed by atoms with Crippen LogP contribution >= 0.6 is 0 Å². The lowest BCUT2D eigenvalue weighted by Gasteiger charge is -2.08. The number of ether oxygens (including phenoxy) is 1. The van der Waals surface area contributed by atoms with E-state index < -0.39 is 0 Å². The first kappa shape index (κ1) is 18.5. The van der Waals surface area contributed by atoms with Crippen LogP contribution in [-0.2, 0) is 0 Å². The maximum absolute atomic E-state index is 13.3. The summed E-state index contributed by atoms with van der Waals surface area (Å²) in [7, 11) is 1.60. The van der Waals surface area contributed by atoms with E-state index in [2.05, 4.69) is 5.32 Å². The lowest BCUT2D eigenvalue weighted by atomic mass is 10.1. The second-order valence-corrected chi connectivity index (χ2v) is 6.61. The first-order valence-electron chi connectivity index (χ1n) is 9.33. The molecule has 1 amide bonds. The second-order valence-electron chi connectivity index (χ2n) is 6.61. The smallest absolute Gasteiger partial charge is 0.259 e. The lowest BCUT2D eigenvalue weighted by molar-refractivity contribution is 0.102. The average Bonchev–Trinajstić information content (AvgIpc) is 3.12. The molecule has 5 nitrogen and oxygen atoms in total. The Balaban J connectivity index is 1.80. The first-order chi connectivity index (χ1) is 14.2. The number of nitrogens with zero attached hydrogens (tertiary/aromatic N) is 2. The molecule has 0 spiro atoms.